The van der Waals surface area contributed by atoms with Crippen LogP contribution in [0.15, 0.2) is 29.3 Å². The summed E-state index contributed by atoms with van der Waals surface area (Å²) in [4.78, 5) is 30.3. The molecule has 1 atom stereocenters. The molecule has 114 valence electrons. The van der Waals surface area contributed by atoms with E-state index in [1.807, 2.05) is 13.8 Å². The molecule has 0 spiro atoms. The van der Waals surface area contributed by atoms with Crippen LogP contribution in [0.3, 0.4) is 0 Å². The number of fused-ring (bicyclic) bond motifs is 1. The molecule has 0 saturated heterocycles. The summed E-state index contributed by atoms with van der Waals surface area (Å²) in [6.07, 6.45) is 2.96. The van der Waals surface area contributed by atoms with Gasteiger partial charge in [0.1, 0.15) is 11.2 Å². The fourth-order valence-electron chi connectivity index (χ4n) is 1.87. The molecule has 21 heavy (non-hydrogen) atoms. The van der Waals surface area contributed by atoms with Crippen molar-refractivity contribution in [2.45, 2.75) is 19.9 Å². The summed E-state index contributed by atoms with van der Waals surface area (Å²) in [7, 11) is 1.63. The van der Waals surface area contributed by atoms with Crippen LogP contribution in [0.5, 0.6) is 0 Å². The van der Waals surface area contributed by atoms with E-state index in [-0.39, 0.29) is 35.5 Å². The van der Waals surface area contributed by atoms with Gasteiger partial charge in [-0.2, -0.15) is 0 Å². The van der Waals surface area contributed by atoms with E-state index >= 15 is 0 Å². The number of pyridine rings is 1. The monoisotopic (exact) mass is 310 g/mol. The number of hydrogen-bond acceptors (Lipinski definition) is 4. The third kappa shape index (κ3) is 3.22. The molecule has 1 unspecified atom stereocenters. The van der Waals surface area contributed by atoms with Crippen LogP contribution in [0.1, 0.15) is 22.8 Å². The van der Waals surface area contributed by atoms with E-state index in [9.17, 15) is 9.59 Å². The quantitative estimate of drug-likeness (QED) is 0.911. The predicted molar refractivity (Wildman–Crippen MR) is 84.1 cm³/mol. The van der Waals surface area contributed by atoms with Crippen molar-refractivity contribution in [2.75, 3.05) is 13.6 Å². The number of halogens is 1. The first-order valence-electron chi connectivity index (χ1n) is 6.41. The Balaban J connectivity index is 0.00000220. The zero-order valence-electron chi connectivity index (χ0n) is 12.2. The highest BCUT2D eigenvalue weighted by Gasteiger charge is 2.20. The molecular formula is C14H19ClN4O2. The van der Waals surface area contributed by atoms with Crippen molar-refractivity contribution in [1.82, 2.24) is 14.3 Å². The second-order valence-electron chi connectivity index (χ2n) is 4.91. The fourth-order valence-corrected chi connectivity index (χ4v) is 1.87. The number of carbonyl (C=O) groups is 1. The third-order valence-corrected chi connectivity index (χ3v) is 3.42. The summed E-state index contributed by atoms with van der Waals surface area (Å²) in [6, 6.07) is 3.46. The Morgan fingerprint density at radius 3 is 2.81 bits per heavy atom. The third-order valence-electron chi connectivity index (χ3n) is 3.42. The van der Waals surface area contributed by atoms with Gasteiger partial charge < -0.3 is 10.6 Å². The molecule has 0 fully saturated rings. The van der Waals surface area contributed by atoms with Gasteiger partial charge in [0.05, 0.1) is 0 Å². The summed E-state index contributed by atoms with van der Waals surface area (Å²) < 4.78 is 1.38. The number of carbonyl (C=O) groups excluding carboxylic acids is 1. The summed E-state index contributed by atoms with van der Waals surface area (Å²) >= 11 is 0. The highest BCUT2D eigenvalue weighted by molar-refractivity contribution is 5.93. The first kappa shape index (κ1) is 17.1. The summed E-state index contributed by atoms with van der Waals surface area (Å²) in [5, 5.41) is 0. The predicted octanol–water partition coefficient (Wildman–Crippen LogP) is 0.844. The SMILES string of the molecule is Cc1ccn2c(=O)c(C(=O)N(C)C(C)CN)cnc2c1.Cl. The van der Waals surface area contributed by atoms with Crippen LogP contribution >= 0.6 is 12.4 Å². The van der Waals surface area contributed by atoms with Crippen LogP contribution in [0, 0.1) is 6.92 Å². The van der Waals surface area contributed by atoms with E-state index in [0.717, 1.165) is 5.56 Å². The Hall–Kier alpha value is -1.92. The lowest BCUT2D eigenvalue weighted by molar-refractivity contribution is 0.0746. The summed E-state index contributed by atoms with van der Waals surface area (Å²) in [5.41, 5.74) is 6.76. The minimum Gasteiger partial charge on any atom is -0.338 e. The normalized spacial score (nSPS) is 11.8. The molecule has 2 rings (SSSR count). The molecule has 2 aromatic heterocycles. The summed E-state index contributed by atoms with van der Waals surface area (Å²) in [5.74, 6) is -0.365. The standard InChI is InChI=1S/C14H18N4O2.ClH/c1-9-4-5-18-12(6-9)16-8-11(14(18)20)13(19)17(3)10(2)7-15;/h4-6,8,10H,7,15H2,1-3H3;1H. The number of rotatable bonds is 3. The van der Waals surface area contributed by atoms with Crippen molar-refractivity contribution in [3.8, 4) is 0 Å². The maximum atomic E-state index is 12.3. The second kappa shape index (κ2) is 6.69. The molecule has 0 saturated carbocycles. The van der Waals surface area contributed by atoms with Crippen LogP contribution in [0.4, 0.5) is 0 Å². The van der Waals surface area contributed by atoms with Gasteiger partial charge in [0, 0.05) is 32.0 Å². The Labute approximate surface area is 129 Å². The zero-order chi connectivity index (χ0) is 14.9. The minimum absolute atomic E-state index is 0. The van der Waals surface area contributed by atoms with Gasteiger partial charge in [-0.25, -0.2) is 4.98 Å². The molecule has 2 N–H and O–H groups in total. The molecule has 0 bridgehead atoms. The number of hydrogen-bond donors (Lipinski definition) is 1. The summed E-state index contributed by atoms with van der Waals surface area (Å²) in [6.45, 7) is 4.08. The van der Waals surface area contributed by atoms with Gasteiger partial charge in [-0.05, 0) is 31.5 Å². The van der Waals surface area contributed by atoms with Gasteiger partial charge in [0.2, 0.25) is 0 Å². The second-order valence-corrected chi connectivity index (χ2v) is 4.91. The van der Waals surface area contributed by atoms with E-state index in [4.69, 9.17) is 5.73 Å². The molecule has 7 heteroatoms. The van der Waals surface area contributed by atoms with Crippen LogP contribution in [0.2, 0.25) is 0 Å². The maximum Gasteiger partial charge on any atom is 0.270 e. The fraction of sp³-hybridized carbons (Fsp3) is 0.357. The Kier molecular flexibility index (Phi) is 5.46. The molecule has 0 aliphatic carbocycles. The molecule has 0 aliphatic heterocycles. The molecular weight excluding hydrogens is 292 g/mol. The Bertz CT molecular complexity index is 714. The maximum absolute atomic E-state index is 12.3. The van der Waals surface area contributed by atoms with Crippen molar-refractivity contribution in [1.29, 1.82) is 0 Å². The molecule has 2 heterocycles. The van der Waals surface area contributed by atoms with Crippen molar-refractivity contribution < 1.29 is 4.79 Å². The number of nitrogens with zero attached hydrogens (tertiary/aromatic N) is 3. The molecule has 0 aromatic carbocycles. The van der Waals surface area contributed by atoms with E-state index in [0.29, 0.717) is 12.2 Å². The van der Waals surface area contributed by atoms with Crippen molar-refractivity contribution in [3.63, 3.8) is 0 Å². The van der Waals surface area contributed by atoms with Crippen molar-refractivity contribution >= 4 is 24.0 Å². The van der Waals surface area contributed by atoms with Crippen LogP contribution in [0.25, 0.3) is 5.65 Å². The van der Waals surface area contributed by atoms with Crippen LogP contribution in [-0.4, -0.2) is 39.8 Å². The minimum atomic E-state index is -0.365. The van der Waals surface area contributed by atoms with Gasteiger partial charge >= 0.3 is 0 Å². The van der Waals surface area contributed by atoms with Crippen molar-refractivity contribution in [2.24, 2.45) is 5.73 Å². The number of aromatic nitrogens is 2. The molecule has 6 nitrogen and oxygen atoms in total. The number of amides is 1. The molecule has 0 radical (unpaired) electrons. The zero-order valence-corrected chi connectivity index (χ0v) is 13.1. The average Bonchev–Trinajstić information content (AvgIpc) is 2.45. The van der Waals surface area contributed by atoms with E-state index in [2.05, 4.69) is 4.98 Å². The molecule has 2 aromatic rings. The van der Waals surface area contributed by atoms with Gasteiger partial charge in [0.25, 0.3) is 11.5 Å². The van der Waals surface area contributed by atoms with E-state index in [1.54, 1.807) is 25.4 Å². The lowest BCUT2D eigenvalue weighted by Crippen LogP contribution is -2.42. The van der Waals surface area contributed by atoms with Crippen LogP contribution in [-0.2, 0) is 0 Å². The first-order chi connectivity index (χ1) is 9.45. The highest BCUT2D eigenvalue weighted by atomic mass is 35.5. The van der Waals surface area contributed by atoms with Gasteiger partial charge in [-0.15, -0.1) is 12.4 Å². The van der Waals surface area contributed by atoms with Gasteiger partial charge in [-0.3, -0.25) is 14.0 Å². The number of likely N-dealkylation sites (N-methyl/N-ethyl adjacent to an activating group) is 1. The molecule has 0 aliphatic rings. The largest absolute Gasteiger partial charge is 0.338 e. The van der Waals surface area contributed by atoms with E-state index < -0.39 is 0 Å². The molecule has 1 amide bonds. The topological polar surface area (TPSA) is 80.7 Å². The Morgan fingerprint density at radius 2 is 2.19 bits per heavy atom. The van der Waals surface area contributed by atoms with Crippen molar-refractivity contribution in [3.05, 3.63) is 46.0 Å². The van der Waals surface area contributed by atoms with E-state index in [1.165, 1.54) is 15.5 Å². The van der Waals surface area contributed by atoms with Gasteiger partial charge in [0.15, 0.2) is 0 Å². The van der Waals surface area contributed by atoms with Gasteiger partial charge in [-0.1, -0.05) is 0 Å². The lowest BCUT2D eigenvalue weighted by atomic mass is 10.2. The first-order valence-corrected chi connectivity index (χ1v) is 6.41. The smallest absolute Gasteiger partial charge is 0.270 e. The average molecular weight is 311 g/mol. The number of nitrogens with two attached hydrogens (primary N) is 1. The lowest BCUT2D eigenvalue weighted by Gasteiger charge is -2.23. The van der Waals surface area contributed by atoms with Crippen LogP contribution < -0.4 is 11.3 Å². The Morgan fingerprint density at radius 1 is 1.52 bits per heavy atom. The number of aryl methyl sites for hydroxylation is 1. The highest BCUT2D eigenvalue weighted by Crippen LogP contribution is 2.05.